The van der Waals surface area contributed by atoms with Gasteiger partial charge < -0.3 is 0 Å². The van der Waals surface area contributed by atoms with Crippen molar-refractivity contribution in [1.29, 1.82) is 0 Å². The second kappa shape index (κ2) is 6.91. The maximum atomic E-state index is 2.36. The fraction of sp³-hybridized carbons (Fsp3) is 1.00. The molecule has 9 heavy (non-hydrogen) atoms. The second-order valence-electron chi connectivity index (χ2n) is 2.83. The van der Waals surface area contributed by atoms with Gasteiger partial charge in [-0.15, -0.1) is 0 Å². The molecule has 0 aliphatic carbocycles. The molecule has 0 saturated heterocycles. The van der Waals surface area contributed by atoms with Crippen LogP contribution >= 0.6 is 0 Å². The molecule has 0 aromatic carbocycles. The quantitative estimate of drug-likeness (QED) is 0.505. The summed E-state index contributed by atoms with van der Waals surface area (Å²) in [5, 5.41) is 0. The van der Waals surface area contributed by atoms with E-state index in [2.05, 4.69) is 13.8 Å². The summed E-state index contributed by atoms with van der Waals surface area (Å²) < 4.78 is 1.03. The Kier molecular flexibility index (Phi) is 7.53. The van der Waals surface area contributed by atoms with Crippen LogP contribution in [0.4, 0.5) is 0 Å². The molecule has 0 aromatic heterocycles. The molecule has 0 bridgehead atoms. The molecule has 0 aromatic rings. The first-order chi connectivity index (χ1) is 4.27. The predicted octanol–water partition coefficient (Wildman–Crippen LogP) is 2.67. The molecule has 0 fully saturated rings. The molecular formula is C8H18Sn. The van der Waals surface area contributed by atoms with Crippen molar-refractivity contribution in [1.82, 2.24) is 0 Å². The van der Waals surface area contributed by atoms with Gasteiger partial charge >= 0.3 is 72.4 Å². The van der Waals surface area contributed by atoms with E-state index in [9.17, 15) is 0 Å². The van der Waals surface area contributed by atoms with Gasteiger partial charge in [-0.05, 0) is 0 Å². The third kappa shape index (κ3) is 8.80. The summed E-state index contributed by atoms with van der Waals surface area (Å²) in [6.45, 7) is 4.62. The van der Waals surface area contributed by atoms with Crippen LogP contribution in [-0.4, -0.2) is 22.5 Å². The SMILES string of the molecule is CCCCCC[CH](C)[SnH]. The number of unbranched alkanes of at least 4 members (excludes halogenated alkanes) is 3. The van der Waals surface area contributed by atoms with Crippen LogP contribution in [0.5, 0.6) is 0 Å². The van der Waals surface area contributed by atoms with E-state index in [-0.39, 0.29) is 0 Å². The first-order valence-corrected chi connectivity index (χ1v) is 5.93. The van der Waals surface area contributed by atoms with E-state index in [0.717, 1.165) is 3.93 Å². The molecule has 0 nitrogen and oxygen atoms in total. The molecule has 1 heteroatoms. The van der Waals surface area contributed by atoms with Crippen LogP contribution in [0.1, 0.15) is 46.0 Å². The number of hydrogen-bond donors (Lipinski definition) is 0. The monoisotopic (exact) mass is 234 g/mol. The Hall–Kier alpha value is 0.799. The average Bonchev–Trinajstić information content (AvgIpc) is 1.80. The minimum absolute atomic E-state index is 1.03. The van der Waals surface area contributed by atoms with Crippen LogP contribution in [0.15, 0.2) is 0 Å². The molecule has 0 aliphatic heterocycles. The van der Waals surface area contributed by atoms with Gasteiger partial charge in [0.1, 0.15) is 0 Å². The van der Waals surface area contributed by atoms with Gasteiger partial charge in [0.15, 0.2) is 0 Å². The fourth-order valence-electron chi connectivity index (χ4n) is 0.893. The van der Waals surface area contributed by atoms with Crippen molar-refractivity contribution in [2.45, 2.75) is 49.9 Å². The van der Waals surface area contributed by atoms with Gasteiger partial charge in [0, 0.05) is 0 Å². The Bertz CT molecular complexity index is 50.5. The van der Waals surface area contributed by atoms with Crippen molar-refractivity contribution >= 4 is 22.5 Å². The van der Waals surface area contributed by atoms with E-state index in [1.165, 1.54) is 54.6 Å². The normalized spacial score (nSPS) is 13.7. The van der Waals surface area contributed by atoms with Crippen molar-refractivity contribution in [3.8, 4) is 0 Å². The average molecular weight is 233 g/mol. The Morgan fingerprint density at radius 2 is 1.89 bits per heavy atom. The molecule has 0 heterocycles. The van der Waals surface area contributed by atoms with Crippen molar-refractivity contribution in [2.24, 2.45) is 0 Å². The fourth-order valence-corrected chi connectivity index (χ4v) is 1.57. The van der Waals surface area contributed by atoms with E-state index in [0.29, 0.717) is 0 Å². The van der Waals surface area contributed by atoms with Crippen LogP contribution in [0.2, 0.25) is 3.93 Å². The molecule has 1 atom stereocenters. The van der Waals surface area contributed by atoms with Crippen LogP contribution in [-0.2, 0) is 0 Å². The second-order valence-corrected chi connectivity index (χ2v) is 6.07. The standard InChI is InChI=1S/C8H17.Sn.H/c1-3-5-7-8-6-4-2;;/h3H,4-8H2,1-2H3;;. The van der Waals surface area contributed by atoms with Crippen LogP contribution in [0.25, 0.3) is 0 Å². The molecule has 0 amide bonds. The Morgan fingerprint density at radius 1 is 1.22 bits per heavy atom. The van der Waals surface area contributed by atoms with E-state index < -0.39 is 0 Å². The molecule has 2 radical (unpaired) electrons. The van der Waals surface area contributed by atoms with Gasteiger partial charge in [-0.2, -0.15) is 0 Å². The summed E-state index contributed by atoms with van der Waals surface area (Å²) in [7, 11) is 0. The number of hydrogen-bond acceptors (Lipinski definition) is 0. The van der Waals surface area contributed by atoms with Crippen molar-refractivity contribution in [3.05, 3.63) is 0 Å². The zero-order valence-corrected chi connectivity index (χ0v) is 9.99. The first kappa shape index (κ1) is 9.80. The third-order valence-corrected chi connectivity index (χ3v) is 2.46. The van der Waals surface area contributed by atoms with Crippen LogP contribution < -0.4 is 0 Å². The molecule has 54 valence electrons. The van der Waals surface area contributed by atoms with Crippen molar-refractivity contribution in [3.63, 3.8) is 0 Å². The Balaban J connectivity index is 2.75. The summed E-state index contributed by atoms with van der Waals surface area (Å²) in [4.78, 5) is 0. The molecule has 1 unspecified atom stereocenters. The minimum atomic E-state index is 1.03. The summed E-state index contributed by atoms with van der Waals surface area (Å²) in [5.41, 5.74) is 0. The van der Waals surface area contributed by atoms with E-state index in [1.807, 2.05) is 0 Å². The Labute approximate surface area is 72.5 Å². The van der Waals surface area contributed by atoms with Crippen LogP contribution in [0, 0.1) is 0 Å². The zero-order chi connectivity index (χ0) is 7.11. The van der Waals surface area contributed by atoms with E-state index in [4.69, 9.17) is 0 Å². The number of rotatable bonds is 5. The van der Waals surface area contributed by atoms with Crippen molar-refractivity contribution < 1.29 is 0 Å². The zero-order valence-electron chi connectivity index (χ0n) is 6.69. The molecule has 0 saturated carbocycles. The van der Waals surface area contributed by atoms with Gasteiger partial charge in [0.2, 0.25) is 0 Å². The molecule has 0 rings (SSSR count). The van der Waals surface area contributed by atoms with Gasteiger partial charge in [-0.1, -0.05) is 0 Å². The topological polar surface area (TPSA) is 0 Å². The molecule has 0 N–H and O–H groups in total. The third-order valence-electron chi connectivity index (χ3n) is 1.51. The van der Waals surface area contributed by atoms with Gasteiger partial charge in [-0.25, -0.2) is 0 Å². The van der Waals surface area contributed by atoms with E-state index in [1.54, 1.807) is 0 Å². The molecule has 0 spiro atoms. The molecular weight excluding hydrogens is 215 g/mol. The Morgan fingerprint density at radius 3 is 2.33 bits per heavy atom. The van der Waals surface area contributed by atoms with Gasteiger partial charge in [0.25, 0.3) is 0 Å². The predicted molar refractivity (Wildman–Crippen MR) is 45.3 cm³/mol. The first-order valence-electron chi connectivity index (χ1n) is 4.03. The summed E-state index contributed by atoms with van der Waals surface area (Å²) >= 11 is 1.45. The van der Waals surface area contributed by atoms with Crippen LogP contribution in [0.3, 0.4) is 0 Å². The van der Waals surface area contributed by atoms with E-state index >= 15 is 0 Å². The summed E-state index contributed by atoms with van der Waals surface area (Å²) in [5.74, 6) is 0. The van der Waals surface area contributed by atoms with Gasteiger partial charge in [0.05, 0.1) is 0 Å². The maximum absolute atomic E-state index is 2.36. The summed E-state index contributed by atoms with van der Waals surface area (Å²) in [6, 6.07) is 0. The van der Waals surface area contributed by atoms with Gasteiger partial charge in [-0.3, -0.25) is 0 Å². The van der Waals surface area contributed by atoms with Crippen molar-refractivity contribution in [2.75, 3.05) is 0 Å². The molecule has 0 aliphatic rings. The summed E-state index contributed by atoms with van der Waals surface area (Å²) in [6.07, 6.45) is 7.21.